The van der Waals surface area contributed by atoms with Crippen LogP contribution in [0.25, 0.3) is 0 Å². The van der Waals surface area contributed by atoms with Gasteiger partial charge in [-0.25, -0.2) is 8.78 Å². The van der Waals surface area contributed by atoms with E-state index < -0.39 is 18.8 Å². The summed E-state index contributed by atoms with van der Waals surface area (Å²) in [7, 11) is -1.91. The van der Waals surface area contributed by atoms with Crippen molar-refractivity contribution in [3.8, 4) is 11.8 Å². The van der Waals surface area contributed by atoms with Crippen LogP contribution in [0.4, 0.5) is 8.78 Å². The van der Waals surface area contributed by atoms with E-state index in [0.717, 1.165) is 12.1 Å². The van der Waals surface area contributed by atoms with Crippen LogP contribution in [0.3, 0.4) is 0 Å². The first-order valence-corrected chi connectivity index (χ1v) is 5.98. The van der Waals surface area contributed by atoms with Gasteiger partial charge < -0.3 is 14.8 Å². The van der Waals surface area contributed by atoms with Gasteiger partial charge in [-0.2, -0.15) is 5.26 Å². The molecule has 0 saturated carbocycles. The Kier molecular flexibility index (Phi) is 4.53. The average molecular weight is 289 g/mol. The lowest BCUT2D eigenvalue weighted by atomic mass is 9.80. The summed E-state index contributed by atoms with van der Waals surface area (Å²) in [6.07, 6.45) is 0. The third-order valence-electron chi connectivity index (χ3n) is 2.83. The molecule has 0 aromatic heterocycles. The Morgan fingerprint density at radius 2 is 1.86 bits per heavy atom. The second kappa shape index (κ2) is 6.35. The predicted octanol–water partition coefficient (Wildman–Crippen LogP) is 1.10. The van der Waals surface area contributed by atoms with E-state index in [4.69, 9.17) is 20.0 Å². The van der Waals surface area contributed by atoms with Gasteiger partial charge in [0.1, 0.15) is 24.0 Å². The summed E-state index contributed by atoms with van der Waals surface area (Å²) in [6, 6.07) is 9.27. The molecule has 0 aliphatic rings. The minimum absolute atomic E-state index is 0.126. The molecule has 4 nitrogen and oxygen atoms in total. The molecular weight excluding hydrogens is 279 g/mol. The highest BCUT2D eigenvalue weighted by molar-refractivity contribution is 6.58. The molecule has 2 aromatic carbocycles. The van der Waals surface area contributed by atoms with Crippen LogP contribution in [0, 0.1) is 23.0 Å². The van der Waals surface area contributed by atoms with Crippen molar-refractivity contribution >= 4 is 12.6 Å². The zero-order valence-electron chi connectivity index (χ0n) is 10.8. The van der Waals surface area contributed by atoms with Crippen molar-refractivity contribution in [2.45, 2.75) is 6.61 Å². The minimum atomic E-state index is -1.91. The van der Waals surface area contributed by atoms with Gasteiger partial charge in [0.2, 0.25) is 0 Å². The van der Waals surface area contributed by atoms with E-state index in [9.17, 15) is 8.78 Å². The molecule has 0 radical (unpaired) electrons. The van der Waals surface area contributed by atoms with Crippen LogP contribution in [-0.2, 0) is 6.61 Å². The lowest BCUT2D eigenvalue weighted by Crippen LogP contribution is -2.32. The third kappa shape index (κ3) is 3.57. The van der Waals surface area contributed by atoms with Crippen molar-refractivity contribution in [2.75, 3.05) is 0 Å². The molecule has 0 fully saturated rings. The van der Waals surface area contributed by atoms with E-state index in [0.29, 0.717) is 0 Å². The first-order valence-electron chi connectivity index (χ1n) is 5.98. The number of nitrogens with zero attached hydrogens (tertiary/aromatic N) is 1. The van der Waals surface area contributed by atoms with Gasteiger partial charge in [0.25, 0.3) is 0 Å². The Morgan fingerprint density at radius 3 is 2.43 bits per heavy atom. The topological polar surface area (TPSA) is 73.5 Å². The molecule has 0 atom stereocenters. The van der Waals surface area contributed by atoms with Crippen LogP contribution >= 0.6 is 0 Å². The summed E-state index contributed by atoms with van der Waals surface area (Å²) in [5.74, 6) is -1.29. The Labute approximate surface area is 120 Å². The Bertz CT molecular complexity index is 701. The average Bonchev–Trinajstić information content (AvgIpc) is 2.45. The molecule has 0 spiro atoms. The third-order valence-corrected chi connectivity index (χ3v) is 2.83. The standard InChI is InChI=1S/C14H10BF2NO3/c16-13-5-9(7-18)1-2-10(13)8-21-11-3-4-12(15(19)20)14(17)6-11/h1-6,19-20H,8H2. The van der Waals surface area contributed by atoms with Gasteiger partial charge in [0.15, 0.2) is 0 Å². The van der Waals surface area contributed by atoms with Crippen LogP contribution in [-0.4, -0.2) is 17.2 Å². The maximum absolute atomic E-state index is 13.6. The number of benzene rings is 2. The number of hydrogen-bond donors (Lipinski definition) is 2. The summed E-state index contributed by atoms with van der Waals surface area (Å²) in [4.78, 5) is 0. The fraction of sp³-hybridized carbons (Fsp3) is 0.0714. The van der Waals surface area contributed by atoms with Gasteiger partial charge in [-0.15, -0.1) is 0 Å². The van der Waals surface area contributed by atoms with Crippen LogP contribution in [0.2, 0.25) is 0 Å². The van der Waals surface area contributed by atoms with E-state index in [1.165, 1.54) is 24.3 Å². The number of rotatable bonds is 4. The normalized spacial score (nSPS) is 10.0. The molecule has 7 heteroatoms. The van der Waals surface area contributed by atoms with Crippen LogP contribution in [0.1, 0.15) is 11.1 Å². The van der Waals surface area contributed by atoms with Gasteiger partial charge in [-0.1, -0.05) is 12.1 Å². The fourth-order valence-corrected chi connectivity index (χ4v) is 1.70. The highest BCUT2D eigenvalue weighted by Crippen LogP contribution is 2.16. The first-order chi connectivity index (χ1) is 10.0. The number of nitriles is 1. The second-order valence-electron chi connectivity index (χ2n) is 4.26. The first kappa shape index (κ1) is 15.0. The molecule has 0 heterocycles. The molecule has 2 aromatic rings. The molecular formula is C14H10BF2NO3. The van der Waals surface area contributed by atoms with Gasteiger partial charge in [-0.3, -0.25) is 0 Å². The summed E-state index contributed by atoms with van der Waals surface area (Å²) < 4.78 is 32.3. The summed E-state index contributed by atoms with van der Waals surface area (Å²) in [5.41, 5.74) is 0.149. The van der Waals surface area contributed by atoms with Gasteiger partial charge >= 0.3 is 7.12 Å². The van der Waals surface area contributed by atoms with Crippen molar-refractivity contribution < 1.29 is 23.6 Å². The van der Waals surface area contributed by atoms with Crippen molar-refractivity contribution in [3.05, 3.63) is 59.2 Å². The molecule has 21 heavy (non-hydrogen) atoms. The Morgan fingerprint density at radius 1 is 1.10 bits per heavy atom. The SMILES string of the molecule is N#Cc1ccc(COc2ccc(B(O)O)c(F)c2)c(F)c1. The lowest BCUT2D eigenvalue weighted by molar-refractivity contribution is 0.298. The largest absolute Gasteiger partial charge is 0.491 e. The van der Waals surface area contributed by atoms with E-state index in [1.807, 2.05) is 6.07 Å². The molecule has 0 unspecified atom stereocenters. The highest BCUT2D eigenvalue weighted by atomic mass is 19.1. The molecule has 0 saturated heterocycles. The van der Waals surface area contributed by atoms with Crippen molar-refractivity contribution in [1.29, 1.82) is 5.26 Å². The van der Waals surface area contributed by atoms with Crippen LogP contribution in [0.15, 0.2) is 36.4 Å². The van der Waals surface area contributed by atoms with E-state index in [1.54, 1.807) is 0 Å². The van der Waals surface area contributed by atoms with Gasteiger partial charge in [-0.05, 0) is 18.2 Å². The zero-order chi connectivity index (χ0) is 15.4. The minimum Gasteiger partial charge on any atom is -0.489 e. The van der Waals surface area contributed by atoms with E-state index in [2.05, 4.69) is 0 Å². The summed E-state index contributed by atoms with van der Waals surface area (Å²) in [6.45, 7) is -0.141. The Balaban J connectivity index is 2.10. The highest BCUT2D eigenvalue weighted by Gasteiger charge is 2.16. The molecule has 0 bridgehead atoms. The van der Waals surface area contributed by atoms with Gasteiger partial charge in [0, 0.05) is 17.1 Å². The zero-order valence-corrected chi connectivity index (χ0v) is 10.8. The molecule has 106 valence electrons. The van der Waals surface area contributed by atoms with E-state index >= 15 is 0 Å². The van der Waals surface area contributed by atoms with Crippen molar-refractivity contribution in [3.63, 3.8) is 0 Å². The smallest absolute Gasteiger partial charge is 0.489 e. The Hall–Kier alpha value is -2.43. The quantitative estimate of drug-likeness (QED) is 0.826. The fourth-order valence-electron chi connectivity index (χ4n) is 1.70. The number of halogens is 2. The maximum Gasteiger partial charge on any atom is 0.491 e. The van der Waals surface area contributed by atoms with E-state index in [-0.39, 0.29) is 28.9 Å². The van der Waals surface area contributed by atoms with Crippen molar-refractivity contribution in [2.24, 2.45) is 0 Å². The molecule has 0 amide bonds. The molecule has 2 N–H and O–H groups in total. The summed E-state index contributed by atoms with van der Waals surface area (Å²) >= 11 is 0. The maximum atomic E-state index is 13.6. The predicted molar refractivity (Wildman–Crippen MR) is 71.7 cm³/mol. The molecule has 0 aliphatic carbocycles. The molecule has 2 rings (SSSR count). The number of hydrogen-bond acceptors (Lipinski definition) is 4. The monoisotopic (exact) mass is 289 g/mol. The molecule has 0 aliphatic heterocycles. The second-order valence-corrected chi connectivity index (χ2v) is 4.26. The lowest BCUT2D eigenvalue weighted by Gasteiger charge is -2.09. The van der Waals surface area contributed by atoms with Gasteiger partial charge in [0.05, 0.1) is 11.6 Å². The summed E-state index contributed by atoms with van der Waals surface area (Å²) in [5, 5.41) is 26.4. The van der Waals surface area contributed by atoms with Crippen LogP contribution < -0.4 is 10.2 Å². The van der Waals surface area contributed by atoms with Crippen LogP contribution in [0.5, 0.6) is 5.75 Å². The number of ether oxygens (including phenoxy) is 1. The van der Waals surface area contributed by atoms with Crippen molar-refractivity contribution in [1.82, 2.24) is 0 Å².